The van der Waals surface area contributed by atoms with Gasteiger partial charge in [0, 0.05) is 36.5 Å². The Hall–Kier alpha value is 3.13. The fourth-order valence-corrected chi connectivity index (χ4v) is 0. The van der Waals surface area contributed by atoms with Gasteiger partial charge in [0.15, 0.2) is 0 Å². The second-order valence-electron chi connectivity index (χ2n) is 0. The first kappa shape index (κ1) is 27.3. The van der Waals surface area contributed by atoms with E-state index in [1.54, 1.807) is 0 Å². The summed E-state index contributed by atoms with van der Waals surface area (Å²) in [5.74, 6) is 0. The minimum absolute atomic E-state index is 0. The van der Waals surface area contributed by atoms with Gasteiger partial charge in [-0.25, -0.2) is 0 Å². The zero-order chi connectivity index (χ0) is 0. The van der Waals surface area contributed by atoms with Gasteiger partial charge in [-0.05, 0) is 0 Å². The van der Waals surface area contributed by atoms with E-state index in [2.05, 4.69) is 0 Å². The first-order valence-corrected chi connectivity index (χ1v) is 0. The van der Waals surface area contributed by atoms with E-state index in [0.717, 1.165) is 0 Å². The smallest absolute Gasteiger partial charge is 0 e. The Morgan fingerprint density at radius 1 is 1.00 bits per heavy atom. The van der Waals surface area contributed by atoms with Crippen molar-refractivity contribution in [3.05, 3.63) is 0 Å². The van der Waals surface area contributed by atoms with Crippen LogP contribution >= 0.6 is 24.0 Å². The Labute approximate surface area is 96.1 Å². The van der Waals surface area contributed by atoms with Crippen molar-refractivity contribution < 1.29 is 36.5 Å². The summed E-state index contributed by atoms with van der Waals surface area (Å²) >= 11 is 0. The first-order chi connectivity index (χ1) is 0. The van der Waals surface area contributed by atoms with Crippen LogP contribution in [0.2, 0.25) is 0 Å². The van der Waals surface area contributed by atoms with Crippen molar-refractivity contribution in [3.63, 3.8) is 0 Å². The molecule has 0 unspecified atom stereocenters. The fourth-order valence-electron chi connectivity index (χ4n) is 0. The topological polar surface area (TPSA) is 0 Å². The number of hydrogen-bond donors (Lipinski definition) is 0. The molecule has 4 heteroatoms. The van der Waals surface area contributed by atoms with Crippen molar-refractivity contribution in [2.24, 2.45) is 0 Å². The molecule has 0 amide bonds. The molecule has 0 aliphatic carbocycles. The molecule has 0 aliphatic heterocycles. The van der Waals surface area contributed by atoms with E-state index in [9.17, 15) is 0 Å². The summed E-state index contributed by atoms with van der Waals surface area (Å²) in [4.78, 5) is 0. The van der Waals surface area contributed by atoms with Crippen molar-refractivity contribution in [1.29, 1.82) is 0 Å². The van der Waals surface area contributed by atoms with E-state index < -0.39 is 0 Å². The predicted octanol–water partition coefficient (Wildman–Crippen LogP) is -0.303. The molecule has 0 radical (unpaired) electrons. The molecule has 0 heterocycles. The molecule has 22 valence electrons. The van der Waals surface area contributed by atoms with Gasteiger partial charge in [-0.1, -0.05) is 0 Å². The molecule has 0 aromatic heterocycles. The molecule has 0 atom stereocenters. The van der Waals surface area contributed by atoms with E-state index in [4.69, 9.17) is 0 Å². The zero-order valence-electron chi connectivity index (χ0n) is 1.47. The molecule has 0 rings (SSSR count). The van der Waals surface area contributed by atoms with Crippen LogP contribution in [0.1, 0.15) is 0 Å². The molecule has 0 N–H and O–H groups in total. The molecule has 0 aromatic carbocycles. The van der Waals surface area contributed by atoms with Gasteiger partial charge < -0.3 is 0 Å². The van der Waals surface area contributed by atoms with Gasteiger partial charge >= 0.3 is 37.7 Å². The van der Waals surface area contributed by atoms with Crippen LogP contribution in [0.3, 0.4) is 0 Å². The minimum Gasteiger partial charge on any atom is 0 e. The van der Waals surface area contributed by atoms with Gasteiger partial charge in [-0.15, -0.1) is 24.0 Å². The molecule has 0 nitrogen and oxygen atoms in total. The average molecular weight is 291 g/mol. The van der Waals surface area contributed by atoms with Crippen molar-refractivity contribution in [1.82, 2.24) is 0 Å². The van der Waals surface area contributed by atoms with Gasteiger partial charge in [0.05, 0.1) is 0 Å². The second-order valence-corrected chi connectivity index (χ2v) is 0. The predicted molar refractivity (Wildman–Crippen MR) is 24.0 cm³/mol. The summed E-state index contributed by atoms with van der Waals surface area (Å²) in [7, 11) is 0. The number of hydrogen-bond acceptors (Lipinski definition) is 0. The third-order valence-corrected chi connectivity index (χ3v) is 0. The SMILES string of the molecule is I.[CaH2].[Fe].[Zn]. The standard InChI is InChI=1S/Ca.Fe.HI.Zn.2H/h;;1H;;;. The molecule has 0 saturated heterocycles. The summed E-state index contributed by atoms with van der Waals surface area (Å²) in [5, 5.41) is 0. The Morgan fingerprint density at radius 3 is 1.00 bits per heavy atom. The maximum absolute atomic E-state index is 0. The average Bonchev–Trinajstić information content (AvgIpc) is 0. The van der Waals surface area contributed by atoms with Crippen molar-refractivity contribution >= 4 is 61.7 Å². The van der Waals surface area contributed by atoms with Crippen LogP contribution in [0.15, 0.2) is 0 Å². The van der Waals surface area contributed by atoms with E-state index >= 15 is 0 Å². The van der Waals surface area contributed by atoms with Crippen LogP contribution in [0.25, 0.3) is 0 Å². The van der Waals surface area contributed by atoms with Gasteiger partial charge in [-0.2, -0.15) is 0 Å². The maximum atomic E-state index is 0. The summed E-state index contributed by atoms with van der Waals surface area (Å²) in [6.45, 7) is 0. The van der Waals surface area contributed by atoms with Crippen molar-refractivity contribution in [2.45, 2.75) is 0 Å². The largest absolute Gasteiger partial charge is 0 e. The van der Waals surface area contributed by atoms with Crippen molar-refractivity contribution in [2.75, 3.05) is 0 Å². The quantitative estimate of drug-likeness (QED) is 0.424. The number of halogens is 1. The molecule has 0 aromatic rings. The summed E-state index contributed by atoms with van der Waals surface area (Å²) in [6, 6.07) is 0. The summed E-state index contributed by atoms with van der Waals surface area (Å²) in [5.41, 5.74) is 0. The minimum atomic E-state index is 0. The van der Waals surface area contributed by atoms with E-state index in [-0.39, 0.29) is 98.3 Å². The van der Waals surface area contributed by atoms with Crippen LogP contribution in [0, 0.1) is 0 Å². The van der Waals surface area contributed by atoms with Crippen LogP contribution in [0.5, 0.6) is 0 Å². The summed E-state index contributed by atoms with van der Waals surface area (Å²) in [6.07, 6.45) is 0. The Kier molecular flexibility index (Phi) is 113. The van der Waals surface area contributed by atoms with Crippen LogP contribution < -0.4 is 0 Å². The maximum Gasteiger partial charge on any atom is 0 e. The number of rotatable bonds is 0. The zero-order valence-corrected chi connectivity index (χ0v) is 7.87. The molecule has 0 bridgehead atoms. The van der Waals surface area contributed by atoms with Gasteiger partial charge in [0.25, 0.3) is 0 Å². The molecular formula is H3CaFeIZn. The normalized spacial score (nSPS) is 0. The van der Waals surface area contributed by atoms with E-state index in [0.29, 0.717) is 0 Å². The van der Waals surface area contributed by atoms with Crippen LogP contribution in [-0.4, -0.2) is 37.7 Å². The Bertz CT molecular complexity index is 8.00. The van der Waals surface area contributed by atoms with Gasteiger partial charge in [0.2, 0.25) is 0 Å². The third kappa shape index (κ3) is 8.93. The molecule has 0 fully saturated rings. The Morgan fingerprint density at radius 2 is 1.00 bits per heavy atom. The fraction of sp³-hybridized carbons (Fsp3) is 0. The van der Waals surface area contributed by atoms with Crippen LogP contribution in [-0.2, 0) is 36.5 Å². The second kappa shape index (κ2) is 16.5. The molecule has 0 spiro atoms. The van der Waals surface area contributed by atoms with E-state index in [1.807, 2.05) is 0 Å². The molecule has 4 heavy (non-hydrogen) atoms. The van der Waals surface area contributed by atoms with E-state index in [1.165, 1.54) is 0 Å². The Balaban J connectivity index is 0. The summed E-state index contributed by atoms with van der Waals surface area (Å²) < 4.78 is 0. The third-order valence-electron chi connectivity index (χ3n) is 0. The van der Waals surface area contributed by atoms with Gasteiger partial charge in [-0.3, -0.25) is 0 Å². The van der Waals surface area contributed by atoms with Crippen LogP contribution in [0.4, 0.5) is 0 Å². The molecule has 0 aliphatic rings. The first-order valence-electron chi connectivity index (χ1n) is 0. The molecule has 0 saturated carbocycles. The van der Waals surface area contributed by atoms with Crippen molar-refractivity contribution in [3.8, 4) is 0 Å². The monoisotopic (exact) mass is 290 g/mol. The molecular weight excluding hydrogens is 288 g/mol. The van der Waals surface area contributed by atoms with Gasteiger partial charge in [0.1, 0.15) is 0 Å².